The van der Waals surface area contributed by atoms with E-state index in [9.17, 15) is 18.0 Å². The van der Waals surface area contributed by atoms with Crippen molar-refractivity contribution in [2.75, 3.05) is 6.54 Å². The van der Waals surface area contributed by atoms with Crippen LogP contribution in [-0.4, -0.2) is 18.6 Å². The van der Waals surface area contributed by atoms with Crippen LogP contribution in [-0.2, 0) is 0 Å². The summed E-state index contributed by atoms with van der Waals surface area (Å²) < 4.78 is 36.2. The molecule has 0 atom stereocenters. The molecule has 0 saturated carbocycles. The molecular weight excluding hydrogens is 334 g/mol. The number of rotatable bonds is 3. The van der Waals surface area contributed by atoms with Gasteiger partial charge < -0.3 is 5.32 Å². The van der Waals surface area contributed by atoms with Crippen molar-refractivity contribution >= 4 is 28.5 Å². The summed E-state index contributed by atoms with van der Waals surface area (Å²) in [4.78, 5) is 11.5. The zero-order chi connectivity index (χ0) is 12.2. The summed E-state index contributed by atoms with van der Waals surface area (Å²) in [6, 6.07) is 6.72. The maximum Gasteiger partial charge on any atom is 0.390 e. The number of hydrogen-bond acceptors (Lipinski definition) is 1. The molecule has 0 aromatic heterocycles. The third kappa shape index (κ3) is 4.38. The molecule has 1 aromatic carbocycles. The Labute approximate surface area is 104 Å². The van der Waals surface area contributed by atoms with E-state index in [1.54, 1.807) is 24.3 Å². The molecule has 0 fully saturated rings. The van der Waals surface area contributed by atoms with Crippen LogP contribution >= 0.6 is 22.6 Å². The predicted octanol–water partition coefficient (Wildman–Crippen LogP) is 2.97. The molecule has 0 saturated heterocycles. The summed E-state index contributed by atoms with van der Waals surface area (Å²) in [7, 11) is 0. The second-order valence-electron chi connectivity index (χ2n) is 3.10. The van der Waals surface area contributed by atoms with Crippen LogP contribution in [0, 0.1) is 3.57 Å². The minimum atomic E-state index is -4.24. The number of hydrogen-bond donors (Lipinski definition) is 1. The summed E-state index contributed by atoms with van der Waals surface area (Å²) in [5.74, 6) is -0.478. The minimum Gasteiger partial charge on any atom is -0.352 e. The van der Waals surface area contributed by atoms with Gasteiger partial charge in [0.1, 0.15) is 0 Å². The average molecular weight is 343 g/mol. The number of amides is 1. The van der Waals surface area contributed by atoms with Gasteiger partial charge in [0.15, 0.2) is 0 Å². The Balaban J connectivity index is 2.51. The Morgan fingerprint density at radius 3 is 2.50 bits per heavy atom. The van der Waals surface area contributed by atoms with Crippen molar-refractivity contribution in [1.29, 1.82) is 0 Å². The molecule has 1 N–H and O–H groups in total. The normalized spacial score (nSPS) is 11.2. The number of carbonyl (C=O) groups is 1. The van der Waals surface area contributed by atoms with Crippen molar-refractivity contribution in [2.24, 2.45) is 0 Å². The van der Waals surface area contributed by atoms with Gasteiger partial charge in [-0.3, -0.25) is 4.79 Å². The summed E-state index contributed by atoms with van der Waals surface area (Å²) in [6.07, 6.45) is -5.25. The van der Waals surface area contributed by atoms with Crippen LogP contribution in [0.25, 0.3) is 0 Å². The molecule has 0 aliphatic heterocycles. The standard InChI is InChI=1S/C10H9F3INO/c11-10(12,13)5-6-15-9(16)7-3-1-2-4-8(7)14/h1-4H,5-6H2,(H,15,16). The number of benzene rings is 1. The fourth-order valence-electron chi connectivity index (χ4n) is 1.06. The van der Waals surface area contributed by atoms with Gasteiger partial charge in [0.25, 0.3) is 5.91 Å². The van der Waals surface area contributed by atoms with Crippen LogP contribution in [0.1, 0.15) is 16.8 Å². The second-order valence-corrected chi connectivity index (χ2v) is 4.26. The Morgan fingerprint density at radius 1 is 1.31 bits per heavy atom. The van der Waals surface area contributed by atoms with Crippen LogP contribution < -0.4 is 5.32 Å². The maximum atomic E-state index is 11.8. The molecule has 2 nitrogen and oxygen atoms in total. The van der Waals surface area contributed by atoms with Crippen LogP contribution in [0.15, 0.2) is 24.3 Å². The molecule has 0 aliphatic carbocycles. The molecule has 1 rings (SSSR count). The van der Waals surface area contributed by atoms with Crippen molar-refractivity contribution in [1.82, 2.24) is 5.32 Å². The van der Waals surface area contributed by atoms with Gasteiger partial charge in [-0.15, -0.1) is 0 Å². The molecule has 0 heterocycles. The van der Waals surface area contributed by atoms with Crippen LogP contribution in [0.3, 0.4) is 0 Å². The van der Waals surface area contributed by atoms with Gasteiger partial charge in [0.2, 0.25) is 0 Å². The lowest BCUT2D eigenvalue weighted by Gasteiger charge is -2.08. The molecular formula is C10H9F3INO. The number of halogens is 4. The first kappa shape index (κ1) is 13.3. The van der Waals surface area contributed by atoms with Gasteiger partial charge in [-0.05, 0) is 34.7 Å². The fourth-order valence-corrected chi connectivity index (χ4v) is 1.69. The van der Waals surface area contributed by atoms with Gasteiger partial charge in [-0.25, -0.2) is 0 Å². The van der Waals surface area contributed by atoms with E-state index in [4.69, 9.17) is 0 Å². The molecule has 0 aliphatic rings. The van der Waals surface area contributed by atoms with Gasteiger partial charge in [0.05, 0.1) is 12.0 Å². The summed E-state index contributed by atoms with van der Waals surface area (Å²) in [5.41, 5.74) is 0.394. The molecule has 0 unspecified atom stereocenters. The quantitative estimate of drug-likeness (QED) is 0.840. The summed E-state index contributed by atoms with van der Waals surface area (Å²) in [5, 5.41) is 2.23. The van der Waals surface area contributed by atoms with E-state index in [1.807, 2.05) is 22.6 Å². The van der Waals surface area contributed by atoms with Crippen LogP contribution in [0.2, 0.25) is 0 Å². The Hall–Kier alpha value is -0.790. The molecule has 6 heteroatoms. The van der Waals surface area contributed by atoms with Crippen molar-refractivity contribution in [3.05, 3.63) is 33.4 Å². The van der Waals surface area contributed by atoms with Crippen molar-refractivity contribution in [2.45, 2.75) is 12.6 Å². The topological polar surface area (TPSA) is 29.1 Å². The zero-order valence-electron chi connectivity index (χ0n) is 8.14. The fraction of sp³-hybridized carbons (Fsp3) is 0.300. The number of alkyl halides is 3. The molecule has 0 radical (unpaired) electrons. The van der Waals surface area contributed by atoms with E-state index >= 15 is 0 Å². The van der Waals surface area contributed by atoms with E-state index in [0.29, 0.717) is 9.13 Å². The molecule has 0 spiro atoms. The maximum absolute atomic E-state index is 11.8. The summed E-state index contributed by atoms with van der Waals surface area (Å²) in [6.45, 7) is -0.396. The monoisotopic (exact) mass is 343 g/mol. The van der Waals surface area contributed by atoms with Gasteiger partial charge in [-0.2, -0.15) is 13.2 Å². The molecule has 16 heavy (non-hydrogen) atoms. The predicted molar refractivity (Wildman–Crippen MR) is 62.2 cm³/mol. The zero-order valence-corrected chi connectivity index (χ0v) is 10.3. The summed E-state index contributed by atoms with van der Waals surface area (Å²) >= 11 is 1.96. The third-order valence-corrected chi connectivity index (χ3v) is 2.75. The lowest BCUT2D eigenvalue weighted by Crippen LogP contribution is -2.28. The minimum absolute atomic E-state index is 0.394. The highest BCUT2D eigenvalue weighted by atomic mass is 127. The molecule has 1 amide bonds. The lowest BCUT2D eigenvalue weighted by atomic mass is 10.2. The molecule has 0 bridgehead atoms. The van der Waals surface area contributed by atoms with E-state index in [-0.39, 0.29) is 0 Å². The van der Waals surface area contributed by atoms with E-state index in [0.717, 1.165) is 0 Å². The second kappa shape index (κ2) is 5.51. The van der Waals surface area contributed by atoms with Gasteiger partial charge in [-0.1, -0.05) is 12.1 Å². The van der Waals surface area contributed by atoms with E-state index < -0.39 is 25.0 Å². The van der Waals surface area contributed by atoms with Gasteiger partial charge in [0, 0.05) is 10.1 Å². The SMILES string of the molecule is O=C(NCCC(F)(F)F)c1ccccc1I. The van der Waals surface area contributed by atoms with Gasteiger partial charge >= 0.3 is 6.18 Å². The Bertz CT molecular complexity index is 379. The van der Waals surface area contributed by atoms with E-state index in [2.05, 4.69) is 5.32 Å². The number of carbonyl (C=O) groups excluding carboxylic acids is 1. The first-order chi connectivity index (χ1) is 7.40. The smallest absolute Gasteiger partial charge is 0.352 e. The van der Waals surface area contributed by atoms with Crippen molar-refractivity contribution in [3.8, 4) is 0 Å². The lowest BCUT2D eigenvalue weighted by molar-refractivity contribution is -0.132. The highest BCUT2D eigenvalue weighted by molar-refractivity contribution is 14.1. The highest BCUT2D eigenvalue weighted by Gasteiger charge is 2.26. The average Bonchev–Trinajstić information content (AvgIpc) is 2.16. The first-order valence-corrected chi connectivity index (χ1v) is 5.57. The third-order valence-electron chi connectivity index (χ3n) is 1.81. The van der Waals surface area contributed by atoms with E-state index in [1.165, 1.54) is 0 Å². The molecule has 88 valence electrons. The Kier molecular flexibility index (Phi) is 4.57. The van der Waals surface area contributed by atoms with Crippen LogP contribution in [0.5, 0.6) is 0 Å². The largest absolute Gasteiger partial charge is 0.390 e. The molecule has 1 aromatic rings. The Morgan fingerprint density at radius 2 is 1.94 bits per heavy atom. The van der Waals surface area contributed by atoms with Crippen molar-refractivity contribution in [3.63, 3.8) is 0 Å². The number of nitrogens with one attached hydrogen (secondary N) is 1. The highest BCUT2D eigenvalue weighted by Crippen LogP contribution is 2.18. The van der Waals surface area contributed by atoms with Crippen LogP contribution in [0.4, 0.5) is 13.2 Å². The van der Waals surface area contributed by atoms with Crippen molar-refractivity contribution < 1.29 is 18.0 Å². The first-order valence-electron chi connectivity index (χ1n) is 4.49.